The highest BCUT2D eigenvalue weighted by Gasteiger charge is 2.21. The number of hydrogen-bond donors (Lipinski definition) is 0. The SMILES string of the molecule is CC(c1ccc(C#N)cc1)C(C)(C)C. The molecule has 1 atom stereocenters. The molecule has 1 aromatic carbocycles. The number of rotatable bonds is 1. The lowest BCUT2D eigenvalue weighted by Gasteiger charge is -2.27. The molecule has 0 aliphatic carbocycles. The molecule has 0 radical (unpaired) electrons. The van der Waals surface area contributed by atoms with Crippen LogP contribution in [0, 0.1) is 16.7 Å². The smallest absolute Gasteiger partial charge is 0.0991 e. The summed E-state index contributed by atoms with van der Waals surface area (Å²) in [7, 11) is 0. The molecule has 0 bridgehead atoms. The molecule has 0 saturated heterocycles. The van der Waals surface area contributed by atoms with Gasteiger partial charge in [0.15, 0.2) is 0 Å². The van der Waals surface area contributed by atoms with E-state index in [1.165, 1.54) is 5.56 Å². The molecule has 1 rings (SSSR count). The van der Waals surface area contributed by atoms with Gasteiger partial charge in [0.05, 0.1) is 11.6 Å². The second kappa shape index (κ2) is 3.84. The summed E-state index contributed by atoms with van der Waals surface area (Å²) >= 11 is 0. The highest BCUT2D eigenvalue weighted by molar-refractivity contribution is 5.33. The Morgan fingerprint density at radius 2 is 1.64 bits per heavy atom. The van der Waals surface area contributed by atoms with Crippen LogP contribution in [0.15, 0.2) is 24.3 Å². The quantitative estimate of drug-likeness (QED) is 0.657. The van der Waals surface area contributed by atoms with Gasteiger partial charge in [0.1, 0.15) is 0 Å². The molecule has 1 nitrogen and oxygen atoms in total. The van der Waals surface area contributed by atoms with E-state index in [-0.39, 0.29) is 5.41 Å². The summed E-state index contributed by atoms with van der Waals surface area (Å²) in [6, 6.07) is 10.0. The first-order valence-electron chi connectivity index (χ1n) is 4.95. The van der Waals surface area contributed by atoms with Crippen molar-refractivity contribution in [1.82, 2.24) is 0 Å². The first-order chi connectivity index (χ1) is 6.45. The van der Waals surface area contributed by atoms with Crippen LogP contribution in [0.5, 0.6) is 0 Å². The molecule has 1 unspecified atom stereocenters. The second-order valence-corrected chi connectivity index (χ2v) is 4.82. The summed E-state index contributed by atoms with van der Waals surface area (Å²) in [5.74, 6) is 0.509. The van der Waals surface area contributed by atoms with Crippen LogP contribution in [0.25, 0.3) is 0 Å². The van der Waals surface area contributed by atoms with Gasteiger partial charge >= 0.3 is 0 Å². The van der Waals surface area contributed by atoms with Crippen molar-refractivity contribution in [3.63, 3.8) is 0 Å². The number of benzene rings is 1. The third-order valence-electron chi connectivity index (χ3n) is 2.84. The van der Waals surface area contributed by atoms with E-state index in [9.17, 15) is 0 Å². The minimum atomic E-state index is 0.272. The molecule has 0 N–H and O–H groups in total. The maximum Gasteiger partial charge on any atom is 0.0991 e. The molecule has 0 amide bonds. The zero-order chi connectivity index (χ0) is 10.8. The highest BCUT2D eigenvalue weighted by Crippen LogP contribution is 2.34. The second-order valence-electron chi connectivity index (χ2n) is 4.82. The Morgan fingerprint density at radius 3 is 2.00 bits per heavy atom. The number of hydrogen-bond acceptors (Lipinski definition) is 1. The molecule has 0 aromatic heterocycles. The summed E-state index contributed by atoms with van der Waals surface area (Å²) in [5, 5.41) is 8.68. The van der Waals surface area contributed by atoms with Gasteiger partial charge in [-0.05, 0) is 29.0 Å². The van der Waals surface area contributed by atoms with Gasteiger partial charge in [0.2, 0.25) is 0 Å². The molecule has 0 aliphatic rings. The van der Waals surface area contributed by atoms with Gasteiger partial charge < -0.3 is 0 Å². The van der Waals surface area contributed by atoms with Crippen molar-refractivity contribution < 1.29 is 0 Å². The lowest BCUT2D eigenvalue weighted by atomic mass is 9.78. The maximum absolute atomic E-state index is 8.68. The Bertz CT molecular complexity index is 335. The highest BCUT2D eigenvalue weighted by atomic mass is 14.3. The van der Waals surface area contributed by atoms with Gasteiger partial charge in [0, 0.05) is 0 Å². The van der Waals surface area contributed by atoms with Crippen molar-refractivity contribution in [3.05, 3.63) is 35.4 Å². The van der Waals surface area contributed by atoms with Gasteiger partial charge in [0.25, 0.3) is 0 Å². The first-order valence-corrected chi connectivity index (χ1v) is 4.95. The molecule has 0 heterocycles. The fraction of sp³-hybridized carbons (Fsp3) is 0.462. The Morgan fingerprint density at radius 1 is 1.14 bits per heavy atom. The van der Waals surface area contributed by atoms with Crippen LogP contribution in [-0.2, 0) is 0 Å². The number of nitrogens with zero attached hydrogens (tertiary/aromatic N) is 1. The molecule has 0 fully saturated rings. The van der Waals surface area contributed by atoms with E-state index in [1.807, 2.05) is 12.1 Å². The van der Waals surface area contributed by atoms with Crippen molar-refractivity contribution >= 4 is 0 Å². The molecule has 74 valence electrons. The van der Waals surface area contributed by atoms with E-state index in [1.54, 1.807) is 0 Å². The van der Waals surface area contributed by atoms with Crippen molar-refractivity contribution in [2.75, 3.05) is 0 Å². The summed E-state index contributed by atoms with van der Waals surface area (Å²) < 4.78 is 0. The van der Waals surface area contributed by atoms with Crippen molar-refractivity contribution in [2.45, 2.75) is 33.6 Å². The average Bonchev–Trinajstić information content (AvgIpc) is 2.15. The van der Waals surface area contributed by atoms with Crippen LogP contribution >= 0.6 is 0 Å². The monoisotopic (exact) mass is 187 g/mol. The summed E-state index contributed by atoms with van der Waals surface area (Å²) in [5.41, 5.74) is 2.31. The normalized spacial score (nSPS) is 13.4. The summed E-state index contributed by atoms with van der Waals surface area (Å²) in [4.78, 5) is 0. The van der Waals surface area contributed by atoms with Crippen LogP contribution in [0.4, 0.5) is 0 Å². The Balaban J connectivity index is 2.94. The van der Waals surface area contributed by atoms with Gasteiger partial charge in [-0.15, -0.1) is 0 Å². The van der Waals surface area contributed by atoms with Crippen molar-refractivity contribution in [2.24, 2.45) is 5.41 Å². The van der Waals surface area contributed by atoms with E-state index in [4.69, 9.17) is 5.26 Å². The van der Waals surface area contributed by atoms with Crippen LogP contribution in [0.3, 0.4) is 0 Å². The largest absolute Gasteiger partial charge is 0.192 e. The summed E-state index contributed by atoms with van der Waals surface area (Å²) in [6.45, 7) is 8.92. The van der Waals surface area contributed by atoms with Crippen molar-refractivity contribution in [3.8, 4) is 6.07 Å². The Labute approximate surface area is 86.4 Å². The molecule has 1 heteroatoms. The summed E-state index contributed by atoms with van der Waals surface area (Å²) in [6.07, 6.45) is 0. The molecule has 0 spiro atoms. The fourth-order valence-electron chi connectivity index (χ4n) is 1.35. The standard InChI is InChI=1S/C13H17N/c1-10(13(2,3)4)12-7-5-11(9-14)6-8-12/h5-8,10H,1-4H3. The molecule has 14 heavy (non-hydrogen) atoms. The zero-order valence-electron chi connectivity index (χ0n) is 9.33. The lowest BCUT2D eigenvalue weighted by molar-refractivity contribution is 0.339. The van der Waals surface area contributed by atoms with Gasteiger partial charge in [-0.3, -0.25) is 0 Å². The third kappa shape index (κ3) is 2.35. The molecular weight excluding hydrogens is 170 g/mol. The zero-order valence-corrected chi connectivity index (χ0v) is 9.33. The van der Waals surface area contributed by atoms with Gasteiger partial charge in [-0.25, -0.2) is 0 Å². The van der Waals surface area contributed by atoms with E-state index >= 15 is 0 Å². The minimum absolute atomic E-state index is 0.272. The Kier molecular flexibility index (Phi) is 2.96. The van der Waals surface area contributed by atoms with Gasteiger partial charge in [-0.1, -0.05) is 39.8 Å². The van der Waals surface area contributed by atoms with E-state index in [2.05, 4.69) is 45.9 Å². The molecule has 0 saturated carbocycles. The Hall–Kier alpha value is -1.29. The molecular formula is C13H17N. The van der Waals surface area contributed by atoms with Crippen LogP contribution in [-0.4, -0.2) is 0 Å². The fourth-order valence-corrected chi connectivity index (χ4v) is 1.35. The van der Waals surface area contributed by atoms with Crippen LogP contribution in [0.2, 0.25) is 0 Å². The van der Waals surface area contributed by atoms with E-state index in [0.29, 0.717) is 5.92 Å². The average molecular weight is 187 g/mol. The third-order valence-corrected chi connectivity index (χ3v) is 2.84. The minimum Gasteiger partial charge on any atom is -0.192 e. The first kappa shape index (κ1) is 10.8. The molecule has 1 aromatic rings. The van der Waals surface area contributed by atoms with E-state index < -0.39 is 0 Å². The predicted molar refractivity (Wildman–Crippen MR) is 59.0 cm³/mol. The predicted octanol–water partition coefficient (Wildman–Crippen LogP) is 3.71. The molecule has 0 aliphatic heterocycles. The van der Waals surface area contributed by atoms with Crippen LogP contribution in [0.1, 0.15) is 44.7 Å². The van der Waals surface area contributed by atoms with Crippen LogP contribution < -0.4 is 0 Å². The topological polar surface area (TPSA) is 23.8 Å². The van der Waals surface area contributed by atoms with Crippen molar-refractivity contribution in [1.29, 1.82) is 5.26 Å². The maximum atomic E-state index is 8.68. The van der Waals surface area contributed by atoms with E-state index in [0.717, 1.165) is 5.56 Å². The van der Waals surface area contributed by atoms with Gasteiger partial charge in [-0.2, -0.15) is 5.26 Å². The lowest BCUT2D eigenvalue weighted by Crippen LogP contribution is -2.15. The number of nitriles is 1.